The molecule has 4 heterocycles. The number of rotatable bonds is 6. The first-order valence-corrected chi connectivity index (χ1v) is 9.40. The second kappa shape index (κ2) is 7.34. The largest absolute Gasteiger partial charge is 0.342 e. The zero-order chi connectivity index (χ0) is 18.8. The Morgan fingerprint density at radius 2 is 2.19 bits per heavy atom. The van der Waals surface area contributed by atoms with Crippen LogP contribution in [0.1, 0.15) is 42.8 Å². The van der Waals surface area contributed by atoms with Crippen LogP contribution in [-0.2, 0) is 17.9 Å². The molecule has 1 N–H and O–H groups in total. The van der Waals surface area contributed by atoms with Gasteiger partial charge in [0.15, 0.2) is 0 Å². The summed E-state index contributed by atoms with van der Waals surface area (Å²) in [5.74, 6) is 1.12. The van der Waals surface area contributed by atoms with Gasteiger partial charge >= 0.3 is 0 Å². The summed E-state index contributed by atoms with van der Waals surface area (Å²) in [6.07, 6.45) is 8.82. The quantitative estimate of drug-likeness (QED) is 0.729. The number of aryl methyl sites for hydroxylation is 1. The number of hydrogen-bond acceptors (Lipinski definition) is 4. The van der Waals surface area contributed by atoms with E-state index in [4.69, 9.17) is 0 Å². The summed E-state index contributed by atoms with van der Waals surface area (Å²) in [7, 11) is 0. The third-order valence-electron chi connectivity index (χ3n) is 5.12. The fraction of sp³-hybridized carbons (Fsp3) is 0.400. The van der Waals surface area contributed by atoms with Crippen molar-refractivity contribution >= 4 is 5.91 Å². The Morgan fingerprint density at radius 1 is 1.30 bits per heavy atom. The Morgan fingerprint density at radius 3 is 2.96 bits per heavy atom. The average Bonchev–Trinajstić information content (AvgIpc) is 3.37. The molecule has 0 aliphatic carbocycles. The van der Waals surface area contributed by atoms with Crippen molar-refractivity contribution in [2.24, 2.45) is 0 Å². The van der Waals surface area contributed by atoms with Gasteiger partial charge in [-0.05, 0) is 25.0 Å². The smallest absolute Gasteiger partial charge is 0.223 e. The second-order valence-electron chi connectivity index (χ2n) is 7.09. The number of nitrogens with one attached hydrogen (secondary N) is 1. The van der Waals surface area contributed by atoms with Gasteiger partial charge < -0.3 is 9.88 Å². The zero-order valence-corrected chi connectivity index (χ0v) is 15.7. The second-order valence-corrected chi connectivity index (χ2v) is 7.09. The fourth-order valence-corrected chi connectivity index (χ4v) is 3.65. The van der Waals surface area contributed by atoms with E-state index in [1.165, 1.54) is 0 Å². The van der Waals surface area contributed by atoms with Crippen LogP contribution in [-0.4, -0.2) is 42.1 Å². The zero-order valence-electron chi connectivity index (χ0n) is 15.7. The van der Waals surface area contributed by atoms with E-state index in [2.05, 4.69) is 33.9 Å². The standard InChI is InChI=1S/C20H24N6O/c1-3-7-26-14(2)17(10-23-26)18-11-22-20(24-18)16-8-19(27)25(13-16)12-15-5-4-6-21-9-15/h4-6,9-11,16H,3,7-8,12-13H2,1-2H3,(H,22,24). The van der Waals surface area contributed by atoms with E-state index >= 15 is 0 Å². The first kappa shape index (κ1) is 17.5. The minimum atomic E-state index is 0.0916. The van der Waals surface area contributed by atoms with Gasteiger partial charge in [-0.3, -0.25) is 14.5 Å². The van der Waals surface area contributed by atoms with Crippen LogP contribution >= 0.6 is 0 Å². The van der Waals surface area contributed by atoms with Crippen LogP contribution < -0.4 is 0 Å². The summed E-state index contributed by atoms with van der Waals surface area (Å²) in [4.78, 5) is 26.4. The molecule has 0 saturated carbocycles. The van der Waals surface area contributed by atoms with Crippen molar-refractivity contribution in [2.75, 3.05) is 6.54 Å². The number of carbonyl (C=O) groups excluding carboxylic acids is 1. The highest BCUT2D eigenvalue weighted by Gasteiger charge is 2.32. The normalized spacial score (nSPS) is 17.0. The van der Waals surface area contributed by atoms with Crippen LogP contribution in [0.15, 0.2) is 36.9 Å². The molecule has 3 aromatic heterocycles. The summed E-state index contributed by atoms with van der Waals surface area (Å²) in [6.45, 7) is 6.40. The molecule has 3 aromatic rings. The molecule has 0 spiro atoms. The van der Waals surface area contributed by atoms with Crippen LogP contribution in [0.5, 0.6) is 0 Å². The van der Waals surface area contributed by atoms with E-state index in [-0.39, 0.29) is 11.8 Å². The molecule has 0 bridgehead atoms. The van der Waals surface area contributed by atoms with Crippen LogP contribution in [0, 0.1) is 6.92 Å². The lowest BCUT2D eigenvalue weighted by Gasteiger charge is -2.15. The van der Waals surface area contributed by atoms with E-state index in [0.717, 1.165) is 41.3 Å². The van der Waals surface area contributed by atoms with Gasteiger partial charge in [0.25, 0.3) is 0 Å². The first-order chi connectivity index (χ1) is 13.2. The molecule has 1 fully saturated rings. The minimum absolute atomic E-state index is 0.0916. The molecule has 7 heteroatoms. The van der Waals surface area contributed by atoms with Crippen LogP contribution in [0.25, 0.3) is 11.3 Å². The molecule has 1 atom stereocenters. The SMILES string of the molecule is CCCn1ncc(-c2cnc(C3CC(=O)N(Cc4cccnc4)C3)[nH]2)c1C. The Bertz CT molecular complexity index is 929. The molecule has 1 amide bonds. The molecule has 1 saturated heterocycles. The predicted molar refractivity (Wildman–Crippen MR) is 102 cm³/mol. The topological polar surface area (TPSA) is 79.7 Å². The molecule has 1 unspecified atom stereocenters. The lowest BCUT2D eigenvalue weighted by atomic mass is 10.1. The van der Waals surface area contributed by atoms with Crippen LogP contribution in [0.4, 0.5) is 0 Å². The van der Waals surface area contributed by atoms with Gasteiger partial charge in [-0.1, -0.05) is 13.0 Å². The molecular formula is C20H24N6O. The van der Waals surface area contributed by atoms with E-state index in [1.54, 1.807) is 6.20 Å². The van der Waals surface area contributed by atoms with Crippen molar-refractivity contribution in [1.82, 2.24) is 29.6 Å². The first-order valence-electron chi connectivity index (χ1n) is 9.40. The molecule has 140 valence electrons. The maximum atomic E-state index is 12.4. The van der Waals surface area contributed by atoms with Gasteiger partial charge in [0.05, 0.1) is 18.1 Å². The minimum Gasteiger partial charge on any atom is -0.342 e. The van der Waals surface area contributed by atoms with E-state index in [9.17, 15) is 4.79 Å². The maximum absolute atomic E-state index is 12.4. The van der Waals surface area contributed by atoms with Crippen molar-refractivity contribution in [2.45, 2.75) is 45.7 Å². The van der Waals surface area contributed by atoms with Crippen molar-refractivity contribution in [1.29, 1.82) is 0 Å². The summed E-state index contributed by atoms with van der Waals surface area (Å²) in [5, 5.41) is 4.46. The Kier molecular flexibility index (Phi) is 4.75. The molecule has 27 heavy (non-hydrogen) atoms. The highest BCUT2D eigenvalue weighted by atomic mass is 16.2. The molecule has 1 aliphatic heterocycles. The maximum Gasteiger partial charge on any atom is 0.223 e. The number of pyridine rings is 1. The van der Waals surface area contributed by atoms with Gasteiger partial charge in [-0.25, -0.2) is 4.98 Å². The highest BCUT2D eigenvalue weighted by Crippen LogP contribution is 2.29. The molecule has 7 nitrogen and oxygen atoms in total. The fourth-order valence-electron chi connectivity index (χ4n) is 3.65. The lowest BCUT2D eigenvalue weighted by Crippen LogP contribution is -2.24. The van der Waals surface area contributed by atoms with Crippen molar-refractivity contribution in [3.8, 4) is 11.3 Å². The summed E-state index contributed by atoms with van der Waals surface area (Å²) >= 11 is 0. The number of aromatic amines is 1. The van der Waals surface area contributed by atoms with Crippen molar-refractivity contribution in [3.05, 3.63) is 54.0 Å². The van der Waals surface area contributed by atoms with Gasteiger partial charge in [-0.2, -0.15) is 5.10 Å². The van der Waals surface area contributed by atoms with E-state index in [1.807, 2.05) is 40.3 Å². The summed E-state index contributed by atoms with van der Waals surface area (Å²) in [5.41, 5.74) is 4.21. The Hall–Kier alpha value is -2.96. The molecule has 0 radical (unpaired) electrons. The van der Waals surface area contributed by atoms with Crippen LogP contribution in [0.2, 0.25) is 0 Å². The summed E-state index contributed by atoms with van der Waals surface area (Å²) < 4.78 is 2.02. The number of imidazole rings is 1. The molecule has 1 aliphatic rings. The number of hydrogen-bond donors (Lipinski definition) is 1. The molecule has 4 rings (SSSR count). The van der Waals surface area contributed by atoms with Crippen molar-refractivity contribution in [3.63, 3.8) is 0 Å². The lowest BCUT2D eigenvalue weighted by molar-refractivity contribution is -0.128. The Labute approximate surface area is 158 Å². The third kappa shape index (κ3) is 3.49. The third-order valence-corrected chi connectivity index (χ3v) is 5.12. The number of carbonyl (C=O) groups is 1. The van der Waals surface area contributed by atoms with Crippen molar-refractivity contribution < 1.29 is 4.79 Å². The average molecular weight is 364 g/mol. The number of likely N-dealkylation sites (tertiary alicyclic amines) is 1. The number of H-pyrrole nitrogens is 1. The van der Waals surface area contributed by atoms with Gasteiger partial charge in [0.1, 0.15) is 5.82 Å². The van der Waals surface area contributed by atoms with Gasteiger partial charge in [-0.15, -0.1) is 0 Å². The molecular weight excluding hydrogens is 340 g/mol. The van der Waals surface area contributed by atoms with Gasteiger partial charge in [0, 0.05) is 55.6 Å². The Balaban J connectivity index is 1.48. The monoisotopic (exact) mass is 364 g/mol. The van der Waals surface area contributed by atoms with Crippen LogP contribution in [0.3, 0.4) is 0 Å². The number of aromatic nitrogens is 5. The van der Waals surface area contributed by atoms with E-state index in [0.29, 0.717) is 19.5 Å². The number of amides is 1. The van der Waals surface area contributed by atoms with E-state index < -0.39 is 0 Å². The molecule has 0 aromatic carbocycles. The highest BCUT2D eigenvalue weighted by molar-refractivity contribution is 5.79. The predicted octanol–water partition coefficient (Wildman–Crippen LogP) is 2.90. The number of nitrogens with zero attached hydrogens (tertiary/aromatic N) is 5. The summed E-state index contributed by atoms with van der Waals surface area (Å²) in [6, 6.07) is 3.89. The van der Waals surface area contributed by atoms with Gasteiger partial charge in [0.2, 0.25) is 5.91 Å².